The van der Waals surface area contributed by atoms with Gasteiger partial charge in [0.25, 0.3) is 0 Å². The number of hydrogen-bond donors (Lipinski definition) is 4. The molecule has 0 aliphatic rings. The van der Waals surface area contributed by atoms with E-state index in [2.05, 4.69) is 25.2 Å². The van der Waals surface area contributed by atoms with Crippen molar-refractivity contribution in [2.24, 2.45) is 0 Å². The maximum atomic E-state index is 11.7. The molecule has 8 nitrogen and oxygen atoms in total. The van der Waals surface area contributed by atoms with Crippen molar-refractivity contribution >= 4 is 21.4 Å². The van der Waals surface area contributed by atoms with Gasteiger partial charge in [-0.3, -0.25) is 5.10 Å². The standard InChI is InChI=1S/C11H16N6O2S/c1-7(11-14-6-15-17-11)16-10-4-3-8(5-9(10)12)20(18,19)13-2/h3-7,13,16H,12H2,1-2H3,(H,14,15,17). The molecule has 1 unspecified atom stereocenters. The van der Waals surface area contributed by atoms with E-state index >= 15 is 0 Å². The highest BCUT2D eigenvalue weighted by molar-refractivity contribution is 7.89. The summed E-state index contributed by atoms with van der Waals surface area (Å²) in [6.45, 7) is 1.89. The molecule has 2 rings (SSSR count). The first-order valence-electron chi connectivity index (χ1n) is 5.89. The number of nitrogen functional groups attached to an aromatic ring is 1. The van der Waals surface area contributed by atoms with Crippen molar-refractivity contribution < 1.29 is 8.42 Å². The quantitative estimate of drug-likeness (QED) is 0.594. The Morgan fingerprint density at radius 2 is 2.15 bits per heavy atom. The van der Waals surface area contributed by atoms with Gasteiger partial charge in [0.1, 0.15) is 12.2 Å². The molecule has 5 N–H and O–H groups in total. The number of sulfonamides is 1. The van der Waals surface area contributed by atoms with Gasteiger partial charge >= 0.3 is 0 Å². The summed E-state index contributed by atoms with van der Waals surface area (Å²) in [6.07, 6.45) is 1.42. The first kappa shape index (κ1) is 14.3. The number of aromatic nitrogens is 3. The molecular weight excluding hydrogens is 280 g/mol. The maximum Gasteiger partial charge on any atom is 0.240 e. The molecule has 0 fully saturated rings. The van der Waals surface area contributed by atoms with Crippen LogP contribution < -0.4 is 15.8 Å². The highest BCUT2D eigenvalue weighted by Crippen LogP contribution is 2.25. The summed E-state index contributed by atoms with van der Waals surface area (Å²) in [5.41, 5.74) is 6.84. The summed E-state index contributed by atoms with van der Waals surface area (Å²) >= 11 is 0. The average molecular weight is 296 g/mol. The van der Waals surface area contributed by atoms with Gasteiger partial charge in [0.15, 0.2) is 0 Å². The molecule has 1 atom stereocenters. The lowest BCUT2D eigenvalue weighted by Crippen LogP contribution is -2.19. The Hall–Kier alpha value is -2.13. The molecule has 1 aromatic carbocycles. The van der Waals surface area contributed by atoms with Crippen LogP contribution in [0.5, 0.6) is 0 Å². The van der Waals surface area contributed by atoms with Crippen molar-refractivity contribution in [3.05, 3.63) is 30.4 Å². The fraction of sp³-hybridized carbons (Fsp3) is 0.273. The fourth-order valence-electron chi connectivity index (χ4n) is 1.68. The predicted octanol–water partition coefficient (Wildman–Crippen LogP) is 0.468. The minimum absolute atomic E-state index is 0.121. The highest BCUT2D eigenvalue weighted by atomic mass is 32.2. The van der Waals surface area contributed by atoms with Crippen LogP contribution in [0.4, 0.5) is 11.4 Å². The second kappa shape index (κ2) is 5.47. The Morgan fingerprint density at radius 3 is 2.70 bits per heavy atom. The summed E-state index contributed by atoms with van der Waals surface area (Å²) < 4.78 is 25.6. The zero-order valence-electron chi connectivity index (χ0n) is 11.1. The van der Waals surface area contributed by atoms with E-state index in [1.54, 1.807) is 6.07 Å². The topological polar surface area (TPSA) is 126 Å². The second-order valence-electron chi connectivity index (χ2n) is 4.19. The number of hydrogen-bond acceptors (Lipinski definition) is 6. The zero-order chi connectivity index (χ0) is 14.8. The van der Waals surface area contributed by atoms with Crippen LogP contribution in [0, 0.1) is 0 Å². The van der Waals surface area contributed by atoms with Crippen LogP contribution in [0.15, 0.2) is 29.4 Å². The van der Waals surface area contributed by atoms with Gasteiger partial charge in [0, 0.05) is 0 Å². The van der Waals surface area contributed by atoms with Crippen molar-refractivity contribution in [1.82, 2.24) is 19.9 Å². The monoisotopic (exact) mass is 296 g/mol. The molecule has 0 amide bonds. The molecule has 0 aliphatic carbocycles. The fourth-order valence-corrected chi connectivity index (χ4v) is 2.45. The van der Waals surface area contributed by atoms with E-state index in [9.17, 15) is 8.42 Å². The number of benzene rings is 1. The van der Waals surface area contributed by atoms with Crippen molar-refractivity contribution in [2.45, 2.75) is 17.9 Å². The zero-order valence-corrected chi connectivity index (χ0v) is 11.9. The number of rotatable bonds is 5. The van der Waals surface area contributed by atoms with Crippen LogP contribution in [0.25, 0.3) is 0 Å². The summed E-state index contributed by atoms with van der Waals surface area (Å²) in [5.74, 6) is 0.663. The molecule has 20 heavy (non-hydrogen) atoms. The molecule has 108 valence electrons. The maximum absolute atomic E-state index is 11.7. The molecule has 9 heteroatoms. The Bertz CT molecular complexity index is 683. The number of H-pyrrole nitrogens is 1. The summed E-state index contributed by atoms with van der Waals surface area (Å²) in [6, 6.07) is 4.37. The Labute approximate surface area is 116 Å². The minimum Gasteiger partial charge on any atom is -0.397 e. The van der Waals surface area contributed by atoms with E-state index in [1.807, 2.05) is 6.92 Å². The van der Waals surface area contributed by atoms with Crippen LogP contribution in [-0.4, -0.2) is 30.6 Å². The van der Waals surface area contributed by atoms with E-state index < -0.39 is 10.0 Å². The number of nitrogens with zero attached hydrogens (tertiary/aromatic N) is 2. The average Bonchev–Trinajstić information content (AvgIpc) is 2.95. The Kier molecular flexibility index (Phi) is 3.91. The Balaban J connectivity index is 2.23. The first-order valence-corrected chi connectivity index (χ1v) is 7.37. The highest BCUT2D eigenvalue weighted by Gasteiger charge is 2.14. The van der Waals surface area contributed by atoms with Gasteiger partial charge in [0.2, 0.25) is 10.0 Å². The lowest BCUT2D eigenvalue weighted by Gasteiger charge is -2.15. The summed E-state index contributed by atoms with van der Waals surface area (Å²) in [5, 5.41) is 9.66. The molecular formula is C11H16N6O2S. The van der Waals surface area contributed by atoms with Gasteiger partial charge < -0.3 is 11.1 Å². The second-order valence-corrected chi connectivity index (χ2v) is 6.08. The van der Waals surface area contributed by atoms with Gasteiger partial charge in [0.05, 0.1) is 22.3 Å². The van der Waals surface area contributed by atoms with Gasteiger partial charge in [-0.2, -0.15) is 5.10 Å². The molecule has 0 spiro atoms. The number of nitrogens with one attached hydrogen (secondary N) is 3. The SMILES string of the molecule is CNS(=O)(=O)c1ccc(NC(C)c2ncn[nH]2)c(N)c1. The van der Waals surface area contributed by atoms with Gasteiger partial charge in [-0.1, -0.05) is 0 Å². The Morgan fingerprint density at radius 1 is 1.40 bits per heavy atom. The van der Waals surface area contributed by atoms with Crippen LogP contribution in [0.1, 0.15) is 18.8 Å². The van der Waals surface area contributed by atoms with Crippen molar-refractivity contribution in [1.29, 1.82) is 0 Å². The summed E-state index contributed by atoms with van der Waals surface area (Å²) in [7, 11) is -2.14. The van der Waals surface area contributed by atoms with Gasteiger partial charge in [-0.25, -0.2) is 18.1 Å². The minimum atomic E-state index is -3.50. The number of aromatic amines is 1. The smallest absolute Gasteiger partial charge is 0.240 e. The summed E-state index contributed by atoms with van der Waals surface area (Å²) in [4.78, 5) is 4.16. The molecule has 0 saturated carbocycles. The third-order valence-electron chi connectivity index (χ3n) is 2.82. The predicted molar refractivity (Wildman–Crippen MR) is 75.5 cm³/mol. The largest absolute Gasteiger partial charge is 0.397 e. The van der Waals surface area contributed by atoms with Crippen LogP contribution in [-0.2, 0) is 10.0 Å². The van der Waals surface area contributed by atoms with Gasteiger partial charge in [-0.05, 0) is 32.2 Å². The van der Waals surface area contributed by atoms with Crippen molar-refractivity contribution in [2.75, 3.05) is 18.1 Å². The van der Waals surface area contributed by atoms with Gasteiger partial charge in [-0.15, -0.1) is 0 Å². The molecule has 0 aliphatic heterocycles. The lowest BCUT2D eigenvalue weighted by atomic mass is 10.2. The van der Waals surface area contributed by atoms with Crippen LogP contribution in [0.2, 0.25) is 0 Å². The van der Waals surface area contributed by atoms with Crippen LogP contribution >= 0.6 is 0 Å². The third-order valence-corrected chi connectivity index (χ3v) is 4.23. The van der Waals surface area contributed by atoms with E-state index in [-0.39, 0.29) is 10.9 Å². The third kappa shape index (κ3) is 2.89. The van der Waals surface area contributed by atoms with E-state index in [1.165, 1.54) is 25.5 Å². The van der Waals surface area contributed by atoms with E-state index in [0.717, 1.165) is 0 Å². The molecule has 1 heterocycles. The number of anilines is 2. The van der Waals surface area contributed by atoms with E-state index in [0.29, 0.717) is 17.2 Å². The van der Waals surface area contributed by atoms with Crippen molar-refractivity contribution in [3.8, 4) is 0 Å². The normalized spacial score (nSPS) is 13.1. The molecule has 2 aromatic rings. The van der Waals surface area contributed by atoms with Crippen molar-refractivity contribution in [3.63, 3.8) is 0 Å². The molecule has 1 aromatic heterocycles. The molecule has 0 saturated heterocycles. The van der Waals surface area contributed by atoms with Crippen LogP contribution in [0.3, 0.4) is 0 Å². The molecule has 0 bridgehead atoms. The number of nitrogens with two attached hydrogens (primary N) is 1. The lowest BCUT2D eigenvalue weighted by molar-refractivity contribution is 0.588. The first-order chi connectivity index (χ1) is 9.44. The molecule has 0 radical (unpaired) electrons. The van der Waals surface area contributed by atoms with E-state index in [4.69, 9.17) is 5.73 Å².